The second kappa shape index (κ2) is 18.9. The van der Waals surface area contributed by atoms with E-state index in [0.717, 1.165) is 61.4 Å². The zero-order valence-corrected chi connectivity index (χ0v) is 53.2. The predicted octanol–water partition coefficient (Wildman–Crippen LogP) is 22.8. The molecule has 4 aromatic heterocycles. The summed E-state index contributed by atoms with van der Waals surface area (Å²) in [5.41, 5.74) is 32.0. The molecule has 5 heteroatoms. The summed E-state index contributed by atoms with van der Waals surface area (Å²) in [6, 6.07) is 102. The van der Waals surface area contributed by atoms with Gasteiger partial charge in [0, 0.05) is 82.1 Å². The van der Waals surface area contributed by atoms with Crippen LogP contribution in [0.2, 0.25) is 0 Å². The largest absolute Gasteiger partial charge is 0.309 e. The number of hydrogen-bond acceptors (Lipinski definition) is 2. The van der Waals surface area contributed by atoms with Crippen molar-refractivity contribution in [3.8, 4) is 84.2 Å². The first kappa shape index (κ1) is 53.3. The second-order valence-electron chi connectivity index (χ2n) is 28.1. The number of fused-ring (bicyclic) bond motifs is 19. The Morgan fingerprint density at radius 3 is 1.04 bits per heavy atom. The Balaban J connectivity index is 0.778. The third-order valence-corrected chi connectivity index (χ3v) is 22.0. The van der Waals surface area contributed by atoms with Crippen molar-refractivity contribution in [3.05, 3.63) is 306 Å². The monoisotopic (exact) mass is 1200 g/mol. The Hall–Kier alpha value is -11.4. The van der Waals surface area contributed by atoms with Gasteiger partial charge in [-0.25, -0.2) is 9.97 Å². The van der Waals surface area contributed by atoms with E-state index < -0.39 is 0 Å². The zero-order chi connectivity index (χ0) is 62.7. The van der Waals surface area contributed by atoms with Crippen molar-refractivity contribution < 1.29 is 0 Å². The highest BCUT2D eigenvalue weighted by Crippen LogP contribution is 2.55. The number of para-hydroxylation sites is 3. The maximum atomic E-state index is 5.79. The first-order valence-corrected chi connectivity index (χ1v) is 33.0. The molecule has 0 spiro atoms. The van der Waals surface area contributed by atoms with Crippen LogP contribution in [0.25, 0.3) is 161 Å². The van der Waals surface area contributed by atoms with Crippen LogP contribution >= 0.6 is 0 Å². The van der Waals surface area contributed by atoms with E-state index in [0.29, 0.717) is 5.82 Å². The molecule has 0 amide bonds. The molecule has 0 saturated carbocycles. The summed E-state index contributed by atoms with van der Waals surface area (Å²) in [4.78, 5) is 11.4. The van der Waals surface area contributed by atoms with Gasteiger partial charge in [-0.05, 0) is 181 Å². The fourth-order valence-corrected chi connectivity index (χ4v) is 17.4. The molecule has 3 aliphatic rings. The molecule has 0 fully saturated rings. The van der Waals surface area contributed by atoms with Crippen LogP contribution in [0, 0.1) is 0 Å². The number of rotatable bonds is 6. The van der Waals surface area contributed by atoms with Crippen LogP contribution in [0.15, 0.2) is 273 Å². The van der Waals surface area contributed by atoms with Crippen molar-refractivity contribution in [2.75, 3.05) is 0 Å². The number of hydrogen-bond donors (Lipinski definition) is 0. The van der Waals surface area contributed by atoms with Crippen molar-refractivity contribution in [1.82, 2.24) is 23.7 Å². The highest BCUT2D eigenvalue weighted by atomic mass is 15.0. The van der Waals surface area contributed by atoms with Crippen molar-refractivity contribution in [3.63, 3.8) is 0 Å². The average molecular weight is 1200 g/mol. The molecule has 444 valence electrons. The predicted molar refractivity (Wildman–Crippen MR) is 392 cm³/mol. The average Bonchev–Trinajstić information content (AvgIpc) is 1.57. The highest BCUT2D eigenvalue weighted by molar-refractivity contribution is 6.14. The van der Waals surface area contributed by atoms with Gasteiger partial charge in [0.1, 0.15) is 0 Å². The number of benzene rings is 13. The van der Waals surface area contributed by atoms with Gasteiger partial charge in [0.15, 0.2) is 5.82 Å². The summed E-state index contributed by atoms with van der Waals surface area (Å²) in [6.07, 6.45) is 0. The van der Waals surface area contributed by atoms with Gasteiger partial charge in [-0.15, -0.1) is 0 Å². The summed E-state index contributed by atoms with van der Waals surface area (Å²) < 4.78 is 7.38. The third kappa shape index (κ3) is 7.24. The first-order chi connectivity index (χ1) is 45.9. The maximum Gasteiger partial charge on any atom is 0.160 e. The molecule has 0 N–H and O–H groups in total. The van der Waals surface area contributed by atoms with E-state index in [1.165, 1.54) is 127 Å². The first-order valence-electron chi connectivity index (χ1n) is 33.0. The zero-order valence-electron chi connectivity index (χ0n) is 53.2. The lowest BCUT2D eigenvalue weighted by molar-refractivity contribution is 0.661. The molecule has 20 rings (SSSR count). The lowest BCUT2D eigenvalue weighted by Crippen LogP contribution is -2.14. The van der Waals surface area contributed by atoms with E-state index in [-0.39, 0.29) is 16.2 Å². The maximum absolute atomic E-state index is 5.79. The molecule has 0 saturated heterocycles. The molecule has 17 aromatic rings. The SMILES string of the molecule is CC1(C)c2ccccc2-c2cc3c(cc21)c1ccccc1n3-c1cccc(-c2ccc3nc(-c4cccc(-n5c6ccccc6c6cc7c(cc65)-c5ccccc5C7(C)C)c4)nc(-c4cccc(-n5c6ccccc6c6cc7c(cc65)-c5ccccc5C7(C)C)c4)c3c2)c1. The topological polar surface area (TPSA) is 40.6 Å². The minimum atomic E-state index is -0.126. The molecular formula is C89H63N5. The van der Waals surface area contributed by atoms with Gasteiger partial charge < -0.3 is 13.7 Å². The Kier molecular flexibility index (Phi) is 10.7. The minimum absolute atomic E-state index is 0.107. The number of aromatic nitrogens is 5. The smallest absolute Gasteiger partial charge is 0.160 e. The molecule has 0 atom stereocenters. The van der Waals surface area contributed by atoms with Gasteiger partial charge in [-0.3, -0.25) is 0 Å². The summed E-state index contributed by atoms with van der Waals surface area (Å²) in [5.74, 6) is 0.666. The fraction of sp³-hybridized carbons (Fsp3) is 0.101. The molecule has 13 aromatic carbocycles. The molecule has 0 bridgehead atoms. The van der Waals surface area contributed by atoms with Crippen molar-refractivity contribution in [1.29, 1.82) is 0 Å². The molecule has 0 unspecified atom stereocenters. The van der Waals surface area contributed by atoms with Gasteiger partial charge in [0.25, 0.3) is 0 Å². The molecule has 0 aliphatic heterocycles. The van der Waals surface area contributed by atoms with Crippen LogP contribution in [0.1, 0.15) is 74.9 Å². The van der Waals surface area contributed by atoms with Crippen LogP contribution in [0.5, 0.6) is 0 Å². The van der Waals surface area contributed by atoms with E-state index in [9.17, 15) is 0 Å². The van der Waals surface area contributed by atoms with Crippen molar-refractivity contribution >= 4 is 76.3 Å². The molecule has 4 heterocycles. The normalized spacial score (nSPS) is 14.5. The fourth-order valence-electron chi connectivity index (χ4n) is 17.4. The van der Waals surface area contributed by atoms with E-state index in [4.69, 9.17) is 9.97 Å². The van der Waals surface area contributed by atoms with Crippen LogP contribution in [-0.2, 0) is 16.2 Å². The number of nitrogens with zero attached hydrogens (tertiary/aromatic N) is 5. The quantitative estimate of drug-likeness (QED) is 0.166. The van der Waals surface area contributed by atoms with E-state index in [1.54, 1.807) is 0 Å². The van der Waals surface area contributed by atoms with E-state index in [2.05, 4.69) is 328 Å². The van der Waals surface area contributed by atoms with Gasteiger partial charge in [-0.2, -0.15) is 0 Å². The van der Waals surface area contributed by atoms with Crippen LogP contribution in [-0.4, -0.2) is 23.7 Å². The summed E-state index contributed by atoms with van der Waals surface area (Å²) in [7, 11) is 0. The van der Waals surface area contributed by atoms with Crippen molar-refractivity contribution in [2.45, 2.75) is 57.8 Å². The Morgan fingerprint density at radius 2 is 0.596 bits per heavy atom. The van der Waals surface area contributed by atoms with E-state index >= 15 is 0 Å². The molecular weight excluding hydrogens is 1140 g/mol. The standard InChI is InChI=1S/C89H63N5/c1-87(2)72-34-13-7-28-59(72)65-49-82-68(46-75(65)87)62-31-10-16-37-79(62)92(82)56-25-19-22-52(42-56)53-40-41-78-71(45-53)85(54-23-20-26-57(43-54)93-80-38-17-11-32-63(80)69-47-76-66(50-83(69)93)60-29-8-14-35-73(60)88(76,3)4)91-86(90-78)55-24-21-27-58(44-55)94-81-39-18-12-33-64(81)70-48-77-67(51-84(70)94)61-30-9-15-36-74(61)89(77,5)6/h7-51H,1-6H3. The molecule has 0 radical (unpaired) electrons. The summed E-state index contributed by atoms with van der Waals surface area (Å²) >= 11 is 0. The molecule has 5 nitrogen and oxygen atoms in total. The van der Waals surface area contributed by atoms with Crippen LogP contribution in [0.4, 0.5) is 0 Å². The molecule has 94 heavy (non-hydrogen) atoms. The second-order valence-corrected chi connectivity index (χ2v) is 28.1. The summed E-state index contributed by atoms with van der Waals surface area (Å²) in [5, 5.41) is 8.47. The minimum Gasteiger partial charge on any atom is -0.309 e. The molecule has 3 aliphatic carbocycles. The van der Waals surface area contributed by atoms with Crippen molar-refractivity contribution in [2.24, 2.45) is 0 Å². The Morgan fingerprint density at radius 1 is 0.234 bits per heavy atom. The van der Waals surface area contributed by atoms with Crippen LogP contribution < -0.4 is 0 Å². The Labute approximate surface area is 545 Å². The lowest BCUT2D eigenvalue weighted by Gasteiger charge is -2.21. The summed E-state index contributed by atoms with van der Waals surface area (Å²) in [6.45, 7) is 14.2. The lowest BCUT2D eigenvalue weighted by atomic mass is 9.82. The third-order valence-electron chi connectivity index (χ3n) is 22.0. The van der Waals surface area contributed by atoms with Gasteiger partial charge in [-0.1, -0.05) is 211 Å². The Bertz CT molecular complexity index is 6210. The van der Waals surface area contributed by atoms with Gasteiger partial charge >= 0.3 is 0 Å². The van der Waals surface area contributed by atoms with Crippen LogP contribution in [0.3, 0.4) is 0 Å². The van der Waals surface area contributed by atoms with E-state index in [1.807, 2.05) is 0 Å². The van der Waals surface area contributed by atoms with Gasteiger partial charge in [0.2, 0.25) is 0 Å². The van der Waals surface area contributed by atoms with Gasteiger partial charge in [0.05, 0.1) is 44.3 Å². The highest BCUT2D eigenvalue weighted by Gasteiger charge is 2.39.